The molecule has 6 nitrogen and oxygen atoms in total. The number of rotatable bonds is 4. The SMILES string of the molecule is CN(C)[C@]1(c2ccccc2)CC[C@]2(CC1)CN(c1csc(-c3ccncc3)n1)C(=O)N2. The number of nitrogens with one attached hydrogen (secondary N) is 1. The standard InChI is InChI=1S/C24H27N5OS/c1-28(2)24(19-6-4-3-5-7-19)12-10-23(11-13-24)17-29(22(30)27-23)20-16-31-21(26-20)18-8-14-25-15-9-18/h3-9,14-16H,10-13,17H2,1-2H3,(H,27,30)/t23-,24+. The van der Waals surface area contributed by atoms with Crippen LogP contribution >= 0.6 is 11.3 Å². The summed E-state index contributed by atoms with van der Waals surface area (Å²) in [5.41, 5.74) is 2.21. The Morgan fingerprint density at radius 1 is 1.03 bits per heavy atom. The molecule has 5 rings (SSSR count). The van der Waals surface area contributed by atoms with Gasteiger partial charge in [0.1, 0.15) is 10.8 Å². The van der Waals surface area contributed by atoms with Crippen molar-refractivity contribution in [2.75, 3.05) is 25.5 Å². The van der Waals surface area contributed by atoms with Crippen molar-refractivity contribution >= 4 is 23.2 Å². The number of urea groups is 1. The van der Waals surface area contributed by atoms with E-state index < -0.39 is 0 Å². The predicted octanol–water partition coefficient (Wildman–Crippen LogP) is 4.50. The summed E-state index contributed by atoms with van der Waals surface area (Å²) < 4.78 is 0. The summed E-state index contributed by atoms with van der Waals surface area (Å²) in [4.78, 5) is 25.9. The van der Waals surface area contributed by atoms with Gasteiger partial charge in [-0.3, -0.25) is 14.8 Å². The van der Waals surface area contributed by atoms with Gasteiger partial charge in [-0.25, -0.2) is 9.78 Å². The first-order valence-electron chi connectivity index (χ1n) is 10.7. The molecule has 0 unspecified atom stereocenters. The van der Waals surface area contributed by atoms with Crippen molar-refractivity contribution in [2.45, 2.75) is 36.8 Å². The number of hydrogen-bond acceptors (Lipinski definition) is 5. The molecule has 2 fully saturated rings. The molecule has 31 heavy (non-hydrogen) atoms. The highest BCUT2D eigenvalue weighted by Gasteiger charge is 2.50. The molecule has 1 saturated carbocycles. The normalized spacial score (nSPS) is 25.9. The first-order valence-corrected chi connectivity index (χ1v) is 11.6. The van der Waals surface area contributed by atoms with E-state index in [1.165, 1.54) is 5.56 Å². The Kier molecular flexibility index (Phi) is 5.02. The topological polar surface area (TPSA) is 61.4 Å². The lowest BCUT2D eigenvalue weighted by Gasteiger charge is -2.48. The fourth-order valence-electron chi connectivity index (χ4n) is 5.08. The molecule has 2 aliphatic rings. The number of carbonyl (C=O) groups excluding carboxylic acids is 1. The molecule has 2 amide bonds. The van der Waals surface area contributed by atoms with Crippen molar-refractivity contribution < 1.29 is 4.79 Å². The lowest BCUT2D eigenvalue weighted by atomic mass is 9.69. The maximum Gasteiger partial charge on any atom is 0.323 e. The van der Waals surface area contributed by atoms with Gasteiger partial charge in [0.25, 0.3) is 0 Å². The van der Waals surface area contributed by atoms with E-state index in [0.29, 0.717) is 6.54 Å². The van der Waals surface area contributed by atoms with Gasteiger partial charge in [0.2, 0.25) is 0 Å². The molecule has 0 atom stereocenters. The minimum Gasteiger partial charge on any atom is -0.330 e. The zero-order valence-electron chi connectivity index (χ0n) is 17.9. The van der Waals surface area contributed by atoms with Gasteiger partial charge in [-0.1, -0.05) is 30.3 Å². The van der Waals surface area contributed by atoms with Gasteiger partial charge >= 0.3 is 6.03 Å². The Balaban J connectivity index is 1.34. The minimum atomic E-state index is -0.189. The Labute approximate surface area is 186 Å². The third-order valence-electron chi connectivity index (χ3n) is 6.98. The van der Waals surface area contributed by atoms with Crippen LogP contribution in [0.1, 0.15) is 31.2 Å². The highest BCUT2D eigenvalue weighted by atomic mass is 32.1. The van der Waals surface area contributed by atoms with E-state index in [1.807, 2.05) is 22.4 Å². The quantitative estimate of drug-likeness (QED) is 0.658. The zero-order chi connectivity index (χ0) is 21.5. The van der Waals surface area contributed by atoms with Crippen molar-refractivity contribution in [2.24, 2.45) is 0 Å². The van der Waals surface area contributed by atoms with E-state index in [4.69, 9.17) is 4.98 Å². The predicted molar refractivity (Wildman–Crippen MR) is 124 cm³/mol. The number of pyridine rings is 1. The molecule has 160 valence electrons. The maximum absolute atomic E-state index is 12.9. The van der Waals surface area contributed by atoms with Crippen LogP contribution in [-0.4, -0.2) is 47.1 Å². The van der Waals surface area contributed by atoms with Crippen LogP contribution in [0.4, 0.5) is 10.6 Å². The summed E-state index contributed by atoms with van der Waals surface area (Å²) in [5, 5.41) is 6.20. The number of carbonyl (C=O) groups is 1. The van der Waals surface area contributed by atoms with E-state index in [2.05, 4.69) is 59.6 Å². The number of anilines is 1. The van der Waals surface area contributed by atoms with Crippen LogP contribution in [0.2, 0.25) is 0 Å². The molecule has 3 aromatic rings. The van der Waals surface area contributed by atoms with Crippen LogP contribution in [0.5, 0.6) is 0 Å². The monoisotopic (exact) mass is 433 g/mol. The summed E-state index contributed by atoms with van der Waals surface area (Å²) in [6, 6.07) is 14.6. The van der Waals surface area contributed by atoms with Crippen LogP contribution in [-0.2, 0) is 5.54 Å². The average Bonchev–Trinajstić information content (AvgIpc) is 3.40. The van der Waals surface area contributed by atoms with Crippen molar-refractivity contribution in [3.8, 4) is 10.6 Å². The van der Waals surface area contributed by atoms with Gasteiger partial charge in [0.15, 0.2) is 0 Å². The van der Waals surface area contributed by atoms with Crippen molar-refractivity contribution in [1.82, 2.24) is 20.2 Å². The van der Waals surface area contributed by atoms with Crippen molar-refractivity contribution in [3.63, 3.8) is 0 Å². The maximum atomic E-state index is 12.9. The number of benzene rings is 1. The van der Waals surface area contributed by atoms with Crippen LogP contribution < -0.4 is 10.2 Å². The lowest BCUT2D eigenvalue weighted by Crippen LogP contribution is -2.54. The van der Waals surface area contributed by atoms with E-state index in [-0.39, 0.29) is 17.1 Å². The van der Waals surface area contributed by atoms with Gasteiger partial charge in [-0.05, 0) is 57.5 Å². The summed E-state index contributed by atoms with van der Waals surface area (Å²) >= 11 is 1.56. The summed E-state index contributed by atoms with van der Waals surface area (Å²) in [6.07, 6.45) is 7.45. The third-order valence-corrected chi connectivity index (χ3v) is 7.85. The highest BCUT2D eigenvalue weighted by molar-refractivity contribution is 7.13. The fraction of sp³-hybridized carbons (Fsp3) is 0.375. The molecule has 1 aliphatic carbocycles. The lowest BCUT2D eigenvalue weighted by molar-refractivity contribution is 0.0657. The van der Waals surface area contributed by atoms with Crippen LogP contribution in [0.15, 0.2) is 60.2 Å². The number of hydrogen-bond donors (Lipinski definition) is 1. The molecular formula is C24H27N5OS. The fourth-order valence-corrected chi connectivity index (χ4v) is 5.89. The van der Waals surface area contributed by atoms with E-state index in [1.54, 1.807) is 23.7 Å². The molecule has 1 saturated heterocycles. The van der Waals surface area contributed by atoms with Crippen molar-refractivity contribution in [3.05, 3.63) is 65.8 Å². The summed E-state index contributed by atoms with van der Waals surface area (Å²) in [7, 11) is 4.33. The first-order chi connectivity index (χ1) is 15.0. The molecule has 3 heterocycles. The molecular weight excluding hydrogens is 406 g/mol. The van der Waals surface area contributed by atoms with Crippen molar-refractivity contribution in [1.29, 1.82) is 0 Å². The molecule has 2 aromatic heterocycles. The minimum absolute atomic E-state index is 0.0137. The third kappa shape index (κ3) is 3.51. The second-order valence-electron chi connectivity index (χ2n) is 8.84. The second kappa shape index (κ2) is 7.73. The average molecular weight is 434 g/mol. The van der Waals surface area contributed by atoms with E-state index in [0.717, 1.165) is 42.1 Å². The molecule has 0 radical (unpaired) electrons. The van der Waals surface area contributed by atoms with Gasteiger partial charge in [-0.15, -0.1) is 11.3 Å². The van der Waals surface area contributed by atoms with Crippen LogP contribution in [0, 0.1) is 0 Å². The van der Waals surface area contributed by atoms with E-state index in [9.17, 15) is 4.79 Å². The molecule has 1 spiro atoms. The molecule has 1 aromatic carbocycles. The second-order valence-corrected chi connectivity index (χ2v) is 9.69. The van der Waals surface area contributed by atoms with Gasteiger partial charge in [-0.2, -0.15) is 0 Å². The summed E-state index contributed by atoms with van der Waals surface area (Å²) in [5.74, 6) is 0.735. The highest BCUT2D eigenvalue weighted by Crippen LogP contribution is 2.46. The number of aromatic nitrogens is 2. The zero-order valence-corrected chi connectivity index (χ0v) is 18.7. The number of amides is 2. The van der Waals surface area contributed by atoms with Crippen LogP contribution in [0.3, 0.4) is 0 Å². The Hall–Kier alpha value is -2.77. The first kappa shape index (κ1) is 20.2. The Bertz CT molecular complexity index is 1060. The number of thiazole rings is 1. The van der Waals surface area contributed by atoms with E-state index >= 15 is 0 Å². The summed E-state index contributed by atoms with van der Waals surface area (Å²) in [6.45, 7) is 0.670. The Morgan fingerprint density at radius 2 is 1.74 bits per heavy atom. The molecule has 1 N–H and O–H groups in total. The van der Waals surface area contributed by atoms with Gasteiger partial charge < -0.3 is 5.32 Å². The molecule has 0 bridgehead atoms. The Morgan fingerprint density at radius 3 is 2.42 bits per heavy atom. The van der Waals surface area contributed by atoms with Crippen LogP contribution in [0.25, 0.3) is 10.6 Å². The smallest absolute Gasteiger partial charge is 0.323 e. The number of nitrogens with zero attached hydrogens (tertiary/aromatic N) is 4. The van der Waals surface area contributed by atoms with Gasteiger partial charge in [0.05, 0.1) is 12.1 Å². The largest absolute Gasteiger partial charge is 0.330 e. The molecule has 7 heteroatoms. The van der Waals surface area contributed by atoms with Gasteiger partial charge in [0, 0.05) is 28.9 Å². The molecule has 1 aliphatic heterocycles.